The molecule has 35 heavy (non-hydrogen) atoms. The number of anilines is 1. The Morgan fingerprint density at radius 2 is 2.06 bits per heavy atom. The molecule has 1 atom stereocenters. The Bertz CT molecular complexity index is 1310. The maximum atomic E-state index is 12.0. The van der Waals surface area contributed by atoms with E-state index in [1.165, 1.54) is 0 Å². The van der Waals surface area contributed by atoms with Crippen molar-refractivity contribution in [2.24, 2.45) is 0 Å². The smallest absolute Gasteiger partial charge is 0.321 e. The fourth-order valence-corrected chi connectivity index (χ4v) is 4.32. The lowest BCUT2D eigenvalue weighted by molar-refractivity contribution is 0.107. The van der Waals surface area contributed by atoms with Crippen LogP contribution < -0.4 is 10.6 Å². The topological polar surface area (TPSA) is 121 Å². The quantitative estimate of drug-likeness (QED) is 0.377. The van der Waals surface area contributed by atoms with Crippen molar-refractivity contribution in [3.8, 4) is 22.5 Å². The highest BCUT2D eigenvalue weighted by Gasteiger charge is 2.22. The average Bonchev–Trinajstić information content (AvgIpc) is 3.50. The molecule has 1 saturated heterocycles. The van der Waals surface area contributed by atoms with Crippen molar-refractivity contribution in [1.82, 2.24) is 35.1 Å². The van der Waals surface area contributed by atoms with Gasteiger partial charge in [-0.2, -0.15) is 0 Å². The molecule has 4 heterocycles. The van der Waals surface area contributed by atoms with Crippen molar-refractivity contribution in [2.45, 2.75) is 26.0 Å². The summed E-state index contributed by atoms with van der Waals surface area (Å²) in [4.78, 5) is 35.7. The van der Waals surface area contributed by atoms with Gasteiger partial charge in [0.1, 0.15) is 5.52 Å². The van der Waals surface area contributed by atoms with E-state index in [4.69, 9.17) is 9.72 Å². The van der Waals surface area contributed by atoms with E-state index in [1.807, 2.05) is 25.3 Å². The van der Waals surface area contributed by atoms with Crippen LogP contribution in [0.25, 0.3) is 33.5 Å². The van der Waals surface area contributed by atoms with Crippen LogP contribution >= 0.6 is 0 Å². The maximum absolute atomic E-state index is 12.0. The van der Waals surface area contributed by atoms with E-state index in [-0.39, 0.29) is 6.03 Å². The Morgan fingerprint density at radius 1 is 1.20 bits per heavy atom. The highest BCUT2D eigenvalue weighted by atomic mass is 16.5. The van der Waals surface area contributed by atoms with Gasteiger partial charge in [0, 0.05) is 63.0 Å². The molecular weight excluding hydrogens is 444 g/mol. The Hall–Kier alpha value is -3.89. The number of ether oxygens (including phenoxy) is 1. The number of nitrogens with one attached hydrogen (secondary N) is 3. The lowest BCUT2D eigenvalue weighted by atomic mass is 10.0. The number of nitrogens with zero attached hydrogens (tertiary/aromatic N) is 5. The van der Waals surface area contributed by atoms with E-state index in [2.05, 4.69) is 47.6 Å². The number of hydrogen-bond donors (Lipinski definition) is 3. The zero-order valence-electron chi connectivity index (χ0n) is 19.8. The van der Waals surface area contributed by atoms with Gasteiger partial charge in [-0.3, -0.25) is 15.2 Å². The Morgan fingerprint density at radius 3 is 2.77 bits per heavy atom. The van der Waals surface area contributed by atoms with Gasteiger partial charge in [0.2, 0.25) is 5.95 Å². The molecule has 10 heteroatoms. The molecule has 1 aromatic carbocycles. The van der Waals surface area contributed by atoms with Crippen molar-refractivity contribution in [3.63, 3.8) is 0 Å². The van der Waals surface area contributed by atoms with E-state index in [1.54, 1.807) is 25.6 Å². The second kappa shape index (κ2) is 10.2. The van der Waals surface area contributed by atoms with Crippen molar-refractivity contribution >= 4 is 23.0 Å². The molecule has 4 aromatic rings. The van der Waals surface area contributed by atoms with Crippen molar-refractivity contribution in [2.75, 3.05) is 32.1 Å². The molecule has 0 unspecified atom stereocenters. The number of carbonyl (C=O) groups excluding carboxylic acids is 1. The number of H-pyrrole nitrogens is 1. The number of methoxy groups -OCH3 is 1. The van der Waals surface area contributed by atoms with Crippen LogP contribution in [0.4, 0.5) is 10.7 Å². The van der Waals surface area contributed by atoms with Crippen LogP contribution in [0.5, 0.6) is 0 Å². The molecule has 0 radical (unpaired) electrons. The molecule has 5 rings (SSSR count). The van der Waals surface area contributed by atoms with Crippen molar-refractivity contribution < 1.29 is 9.53 Å². The highest BCUT2D eigenvalue weighted by Crippen LogP contribution is 2.32. The molecule has 3 N–H and O–H groups in total. The van der Waals surface area contributed by atoms with Gasteiger partial charge in [-0.15, -0.1) is 0 Å². The summed E-state index contributed by atoms with van der Waals surface area (Å²) in [5.41, 5.74) is 5.16. The fraction of sp³-hybridized carbons (Fsp3) is 0.320. The zero-order valence-corrected chi connectivity index (χ0v) is 19.8. The van der Waals surface area contributed by atoms with E-state index in [9.17, 15) is 4.79 Å². The zero-order chi connectivity index (χ0) is 24.2. The third kappa shape index (κ3) is 5.13. The largest absolute Gasteiger partial charge is 0.380 e. The van der Waals surface area contributed by atoms with Crippen LogP contribution in [-0.4, -0.2) is 68.7 Å². The number of likely N-dealkylation sites (tertiary alicyclic amines) is 1. The number of carbonyl (C=O) groups is 1. The molecule has 1 aliphatic heterocycles. The highest BCUT2D eigenvalue weighted by molar-refractivity contribution is 5.97. The Labute approximate surface area is 203 Å². The van der Waals surface area contributed by atoms with E-state index in [0.29, 0.717) is 29.9 Å². The standard InChI is InChI=1S/C25H28N8O2/c1-3-26-25(34)32-24-30-21-12-17(11-20(22(21)31-24)23-27-8-4-9-28-23)16-5-6-18(29-13-16)14-33-10-7-19(15-33)35-2/h4-6,8-9,11-13,19H,3,7,10,14-15H2,1-2H3,(H3,26,30,31,32,34)/t19-/m1/s1. The van der Waals surface area contributed by atoms with Gasteiger partial charge >= 0.3 is 6.03 Å². The molecular formula is C25H28N8O2. The van der Waals surface area contributed by atoms with Crippen molar-refractivity contribution in [1.29, 1.82) is 0 Å². The molecule has 2 amide bonds. The van der Waals surface area contributed by atoms with Crippen LogP contribution in [0.1, 0.15) is 19.0 Å². The van der Waals surface area contributed by atoms with Crippen LogP contribution in [-0.2, 0) is 11.3 Å². The molecule has 0 bridgehead atoms. The minimum Gasteiger partial charge on any atom is -0.380 e. The monoisotopic (exact) mass is 472 g/mol. The first-order valence-corrected chi connectivity index (χ1v) is 11.7. The van der Waals surface area contributed by atoms with E-state index in [0.717, 1.165) is 54.0 Å². The predicted molar refractivity (Wildman–Crippen MR) is 134 cm³/mol. The molecule has 1 aliphatic rings. The third-order valence-corrected chi connectivity index (χ3v) is 6.07. The molecule has 10 nitrogen and oxygen atoms in total. The Kier molecular flexibility index (Phi) is 6.64. The summed E-state index contributed by atoms with van der Waals surface area (Å²) in [6.07, 6.45) is 6.65. The summed E-state index contributed by atoms with van der Waals surface area (Å²) >= 11 is 0. The van der Waals surface area contributed by atoms with Gasteiger partial charge in [-0.25, -0.2) is 19.7 Å². The fourth-order valence-electron chi connectivity index (χ4n) is 4.32. The third-order valence-electron chi connectivity index (χ3n) is 6.07. The van der Waals surface area contributed by atoms with E-state index >= 15 is 0 Å². The number of urea groups is 1. The molecule has 3 aromatic heterocycles. The first-order valence-electron chi connectivity index (χ1n) is 11.7. The molecule has 0 saturated carbocycles. The number of amides is 2. The summed E-state index contributed by atoms with van der Waals surface area (Å²) in [5.74, 6) is 0.912. The molecule has 0 spiro atoms. The van der Waals surface area contributed by atoms with Crippen molar-refractivity contribution in [3.05, 3.63) is 54.6 Å². The van der Waals surface area contributed by atoms with Gasteiger partial charge in [0.15, 0.2) is 5.82 Å². The molecule has 1 fully saturated rings. The van der Waals surface area contributed by atoms with Crippen LogP contribution in [0.2, 0.25) is 0 Å². The first kappa shape index (κ1) is 22.9. The number of benzene rings is 1. The van der Waals surface area contributed by atoms with E-state index < -0.39 is 0 Å². The number of hydrogen-bond acceptors (Lipinski definition) is 7. The number of rotatable bonds is 7. The lowest BCUT2D eigenvalue weighted by Gasteiger charge is -2.15. The van der Waals surface area contributed by atoms with Gasteiger partial charge in [-0.05, 0) is 43.2 Å². The van der Waals surface area contributed by atoms with Crippen LogP contribution in [0.3, 0.4) is 0 Å². The summed E-state index contributed by atoms with van der Waals surface area (Å²) in [6.45, 7) is 5.13. The lowest BCUT2D eigenvalue weighted by Crippen LogP contribution is -2.28. The second-order valence-electron chi connectivity index (χ2n) is 8.48. The van der Waals surface area contributed by atoms with Gasteiger partial charge in [0.25, 0.3) is 0 Å². The number of aromatic amines is 1. The number of fused-ring (bicyclic) bond motifs is 1. The van der Waals surface area contributed by atoms with Gasteiger partial charge < -0.3 is 15.0 Å². The number of aromatic nitrogens is 5. The summed E-state index contributed by atoms with van der Waals surface area (Å²) in [5, 5.41) is 5.44. The molecule has 0 aliphatic carbocycles. The van der Waals surface area contributed by atoms with Gasteiger partial charge in [0.05, 0.1) is 17.3 Å². The second-order valence-corrected chi connectivity index (χ2v) is 8.48. The normalized spacial score (nSPS) is 16.0. The first-order chi connectivity index (χ1) is 17.1. The van der Waals surface area contributed by atoms with Crippen LogP contribution in [0, 0.1) is 0 Å². The minimum atomic E-state index is -0.320. The molecule has 180 valence electrons. The Balaban J connectivity index is 1.46. The van der Waals surface area contributed by atoms with Crippen LogP contribution in [0.15, 0.2) is 48.9 Å². The SMILES string of the molecule is CCNC(=O)Nc1nc2c(-c3ncccn3)cc(-c3ccc(CN4CC[C@@H](OC)C4)nc3)cc2[nH]1. The average molecular weight is 473 g/mol. The summed E-state index contributed by atoms with van der Waals surface area (Å²) in [6, 6.07) is 9.60. The summed E-state index contributed by atoms with van der Waals surface area (Å²) < 4.78 is 5.47. The number of imidazole rings is 1. The minimum absolute atomic E-state index is 0.307. The predicted octanol–water partition coefficient (Wildman–Crippen LogP) is 3.44. The number of pyridine rings is 1. The van der Waals surface area contributed by atoms with Gasteiger partial charge in [-0.1, -0.05) is 6.07 Å². The summed E-state index contributed by atoms with van der Waals surface area (Å²) in [7, 11) is 1.77. The maximum Gasteiger partial charge on any atom is 0.321 e.